The summed E-state index contributed by atoms with van der Waals surface area (Å²) in [6.07, 6.45) is 0. The normalized spacial score (nSPS) is 11.2. The van der Waals surface area contributed by atoms with Gasteiger partial charge in [-0.3, -0.25) is 4.72 Å². The SMILES string of the molecule is O=S(=O)(Nc1cccc(Cl)n1)c1cccc(Cl)c1. The number of anilines is 1. The average molecular weight is 303 g/mol. The Kier molecular flexibility index (Phi) is 3.75. The van der Waals surface area contributed by atoms with Crippen LogP contribution in [0.2, 0.25) is 10.2 Å². The van der Waals surface area contributed by atoms with Gasteiger partial charge in [0.2, 0.25) is 0 Å². The van der Waals surface area contributed by atoms with E-state index in [1.807, 2.05) is 0 Å². The molecule has 0 saturated carbocycles. The molecule has 0 aliphatic carbocycles. The topological polar surface area (TPSA) is 59.1 Å². The van der Waals surface area contributed by atoms with Crippen LogP contribution in [0.3, 0.4) is 0 Å². The molecular formula is C11H8Cl2N2O2S. The molecule has 0 bridgehead atoms. The lowest BCUT2D eigenvalue weighted by Gasteiger charge is -2.07. The zero-order valence-corrected chi connectivity index (χ0v) is 11.3. The van der Waals surface area contributed by atoms with Crippen molar-refractivity contribution < 1.29 is 8.42 Å². The highest BCUT2D eigenvalue weighted by Gasteiger charge is 2.15. The quantitative estimate of drug-likeness (QED) is 0.886. The first-order valence-electron chi connectivity index (χ1n) is 4.88. The van der Waals surface area contributed by atoms with Crippen LogP contribution in [0.25, 0.3) is 0 Å². The Morgan fingerprint density at radius 1 is 1.06 bits per heavy atom. The van der Waals surface area contributed by atoms with E-state index in [-0.39, 0.29) is 15.9 Å². The lowest BCUT2D eigenvalue weighted by Crippen LogP contribution is -2.13. The molecule has 18 heavy (non-hydrogen) atoms. The zero-order chi connectivity index (χ0) is 13.2. The van der Waals surface area contributed by atoms with Crippen LogP contribution < -0.4 is 4.72 Å². The first-order chi connectivity index (χ1) is 8.47. The number of aromatic nitrogens is 1. The Bertz CT molecular complexity index is 674. The van der Waals surface area contributed by atoms with Gasteiger partial charge in [0.1, 0.15) is 11.0 Å². The van der Waals surface area contributed by atoms with Crippen LogP contribution in [0.4, 0.5) is 5.82 Å². The second-order valence-electron chi connectivity index (χ2n) is 3.41. The van der Waals surface area contributed by atoms with Crippen LogP contribution in [0, 0.1) is 0 Å². The van der Waals surface area contributed by atoms with Gasteiger partial charge in [-0.15, -0.1) is 0 Å². The standard InChI is InChI=1S/C11H8Cl2N2O2S/c12-8-3-1-4-9(7-8)18(16,17)15-11-6-2-5-10(13)14-11/h1-7H,(H,14,15). The summed E-state index contributed by atoms with van der Waals surface area (Å²) >= 11 is 11.4. The third kappa shape index (κ3) is 3.13. The number of nitrogens with one attached hydrogen (secondary N) is 1. The largest absolute Gasteiger partial charge is 0.263 e. The van der Waals surface area contributed by atoms with E-state index in [0.717, 1.165) is 0 Å². The van der Waals surface area contributed by atoms with E-state index in [9.17, 15) is 8.42 Å². The Labute approximate surface area is 115 Å². The number of pyridine rings is 1. The number of benzene rings is 1. The van der Waals surface area contributed by atoms with Crippen LogP contribution in [0.15, 0.2) is 47.4 Å². The van der Waals surface area contributed by atoms with Crippen LogP contribution in [-0.4, -0.2) is 13.4 Å². The Morgan fingerprint density at radius 3 is 2.44 bits per heavy atom. The second-order valence-corrected chi connectivity index (χ2v) is 5.91. The van der Waals surface area contributed by atoms with Crippen molar-refractivity contribution in [2.24, 2.45) is 0 Å². The number of halogens is 2. The molecule has 0 fully saturated rings. The van der Waals surface area contributed by atoms with Crippen molar-refractivity contribution in [1.82, 2.24) is 4.98 Å². The van der Waals surface area contributed by atoms with Crippen LogP contribution in [-0.2, 0) is 10.0 Å². The minimum absolute atomic E-state index is 0.0665. The molecule has 2 rings (SSSR count). The highest BCUT2D eigenvalue weighted by atomic mass is 35.5. The maximum Gasteiger partial charge on any atom is 0.263 e. The molecule has 2 aromatic rings. The van der Waals surface area contributed by atoms with Gasteiger partial charge in [-0.2, -0.15) is 0 Å². The Morgan fingerprint density at radius 2 is 1.78 bits per heavy atom. The summed E-state index contributed by atoms with van der Waals surface area (Å²) in [5.41, 5.74) is 0. The summed E-state index contributed by atoms with van der Waals surface area (Å²) in [6, 6.07) is 10.6. The van der Waals surface area contributed by atoms with E-state index >= 15 is 0 Å². The van der Waals surface area contributed by atoms with Gasteiger partial charge >= 0.3 is 0 Å². The highest BCUT2D eigenvalue weighted by Crippen LogP contribution is 2.19. The third-order valence-corrected chi connectivity index (χ3v) is 3.86. The number of rotatable bonds is 3. The maximum atomic E-state index is 12.0. The monoisotopic (exact) mass is 302 g/mol. The maximum absolute atomic E-state index is 12.0. The molecule has 0 aliphatic heterocycles. The number of nitrogens with zero attached hydrogens (tertiary/aromatic N) is 1. The minimum atomic E-state index is -3.71. The van der Waals surface area contributed by atoms with E-state index in [1.54, 1.807) is 24.3 Å². The molecule has 4 nitrogen and oxygen atoms in total. The number of hydrogen-bond acceptors (Lipinski definition) is 3. The second kappa shape index (κ2) is 5.14. The van der Waals surface area contributed by atoms with Crippen molar-refractivity contribution >= 4 is 39.0 Å². The molecule has 0 atom stereocenters. The first-order valence-corrected chi connectivity index (χ1v) is 7.12. The van der Waals surface area contributed by atoms with Crippen molar-refractivity contribution in [1.29, 1.82) is 0 Å². The van der Waals surface area contributed by atoms with Crippen LogP contribution in [0.1, 0.15) is 0 Å². The van der Waals surface area contributed by atoms with Gasteiger partial charge in [0.25, 0.3) is 10.0 Å². The minimum Gasteiger partial charge on any atom is -0.263 e. The predicted octanol–water partition coefficient (Wildman–Crippen LogP) is 3.19. The van der Waals surface area contributed by atoms with Gasteiger partial charge < -0.3 is 0 Å². The predicted molar refractivity (Wildman–Crippen MR) is 71.5 cm³/mol. The molecule has 0 saturated heterocycles. The molecule has 1 aromatic carbocycles. The smallest absolute Gasteiger partial charge is 0.263 e. The molecular weight excluding hydrogens is 295 g/mol. The van der Waals surface area contributed by atoms with Gasteiger partial charge in [-0.1, -0.05) is 35.3 Å². The van der Waals surface area contributed by atoms with Crippen molar-refractivity contribution in [2.75, 3.05) is 4.72 Å². The molecule has 0 aliphatic rings. The fraction of sp³-hybridized carbons (Fsp3) is 0. The molecule has 7 heteroatoms. The van der Waals surface area contributed by atoms with E-state index < -0.39 is 10.0 Å². The average Bonchev–Trinajstić information content (AvgIpc) is 2.28. The summed E-state index contributed by atoms with van der Waals surface area (Å²) in [5.74, 6) is 0.155. The van der Waals surface area contributed by atoms with Crippen molar-refractivity contribution in [2.45, 2.75) is 4.90 Å². The number of hydrogen-bond donors (Lipinski definition) is 1. The zero-order valence-electron chi connectivity index (χ0n) is 8.97. The highest BCUT2D eigenvalue weighted by molar-refractivity contribution is 7.92. The summed E-state index contributed by atoms with van der Waals surface area (Å²) in [6.45, 7) is 0. The van der Waals surface area contributed by atoms with Gasteiger partial charge in [-0.05, 0) is 30.3 Å². The summed E-state index contributed by atoms with van der Waals surface area (Å²) in [4.78, 5) is 3.91. The molecule has 1 aromatic heterocycles. The van der Waals surface area contributed by atoms with E-state index in [0.29, 0.717) is 5.02 Å². The summed E-state index contributed by atoms with van der Waals surface area (Å²) in [7, 11) is -3.71. The van der Waals surface area contributed by atoms with E-state index in [1.165, 1.54) is 18.2 Å². The van der Waals surface area contributed by atoms with Gasteiger partial charge in [0.05, 0.1) is 4.90 Å². The summed E-state index contributed by atoms with van der Waals surface area (Å²) < 4.78 is 26.3. The van der Waals surface area contributed by atoms with Gasteiger partial charge in [-0.25, -0.2) is 13.4 Å². The van der Waals surface area contributed by atoms with Crippen molar-refractivity contribution in [3.05, 3.63) is 52.6 Å². The first kappa shape index (κ1) is 13.1. The molecule has 1 N–H and O–H groups in total. The Hall–Kier alpha value is -1.30. The summed E-state index contributed by atoms with van der Waals surface area (Å²) in [5, 5.41) is 0.554. The molecule has 0 spiro atoms. The van der Waals surface area contributed by atoms with Crippen LogP contribution >= 0.6 is 23.2 Å². The third-order valence-electron chi connectivity index (χ3n) is 2.06. The molecule has 0 unspecified atom stereocenters. The molecule has 94 valence electrons. The van der Waals surface area contributed by atoms with Crippen molar-refractivity contribution in [3.8, 4) is 0 Å². The van der Waals surface area contributed by atoms with E-state index in [2.05, 4.69) is 9.71 Å². The van der Waals surface area contributed by atoms with E-state index in [4.69, 9.17) is 23.2 Å². The molecule has 0 radical (unpaired) electrons. The van der Waals surface area contributed by atoms with Crippen LogP contribution in [0.5, 0.6) is 0 Å². The number of sulfonamides is 1. The molecule has 1 heterocycles. The fourth-order valence-corrected chi connectivity index (χ4v) is 2.76. The lowest BCUT2D eigenvalue weighted by atomic mass is 10.4. The molecule has 0 amide bonds. The lowest BCUT2D eigenvalue weighted by molar-refractivity contribution is 0.601. The van der Waals surface area contributed by atoms with Gasteiger partial charge in [0, 0.05) is 5.02 Å². The van der Waals surface area contributed by atoms with Gasteiger partial charge in [0.15, 0.2) is 0 Å². The fourth-order valence-electron chi connectivity index (χ4n) is 1.30. The van der Waals surface area contributed by atoms with Crippen molar-refractivity contribution in [3.63, 3.8) is 0 Å². The Balaban J connectivity index is 2.33.